The van der Waals surface area contributed by atoms with Crippen molar-refractivity contribution < 1.29 is 0 Å². The second-order valence-corrected chi connectivity index (χ2v) is 7.47. The van der Waals surface area contributed by atoms with Gasteiger partial charge >= 0.3 is 0 Å². The van der Waals surface area contributed by atoms with Gasteiger partial charge in [-0.05, 0) is 78.4 Å². The van der Waals surface area contributed by atoms with Crippen LogP contribution in [0.5, 0.6) is 0 Å². The second kappa shape index (κ2) is 8.33. The molecule has 1 unspecified atom stereocenters. The molecule has 0 bridgehead atoms. The molecule has 0 aromatic carbocycles. The number of likely N-dealkylation sites (tertiary alicyclic amines) is 1. The molecule has 1 saturated heterocycles. The van der Waals surface area contributed by atoms with Crippen molar-refractivity contribution in [3.8, 4) is 0 Å². The maximum Gasteiger partial charge on any atom is 0.0461 e. The molecule has 0 spiro atoms. The molecule has 0 amide bonds. The van der Waals surface area contributed by atoms with Crippen molar-refractivity contribution in [2.24, 2.45) is 0 Å². The minimum Gasteiger partial charge on any atom is -0.309 e. The Morgan fingerprint density at radius 1 is 1.10 bits per heavy atom. The van der Waals surface area contributed by atoms with Crippen LogP contribution in [0.1, 0.15) is 78.6 Å². The van der Waals surface area contributed by atoms with Crippen LogP contribution < -0.4 is 5.32 Å². The Morgan fingerprint density at radius 3 is 2.52 bits per heavy atom. The summed E-state index contributed by atoms with van der Waals surface area (Å²) in [5.74, 6) is 0. The summed E-state index contributed by atoms with van der Waals surface area (Å²) in [5, 5.41) is 3.89. The fraction of sp³-hybridized carbons (Fsp3) is 0.895. The van der Waals surface area contributed by atoms with E-state index >= 15 is 0 Å². The number of allylic oxidation sites excluding steroid dienone is 1. The Bertz CT molecular complexity index is 326. The van der Waals surface area contributed by atoms with Crippen molar-refractivity contribution in [1.82, 2.24) is 10.2 Å². The van der Waals surface area contributed by atoms with Crippen molar-refractivity contribution in [3.63, 3.8) is 0 Å². The average Bonchev–Trinajstić information content (AvgIpc) is 2.77. The summed E-state index contributed by atoms with van der Waals surface area (Å²) >= 11 is 0. The first-order valence-corrected chi connectivity index (χ1v) is 9.33. The lowest BCUT2D eigenvalue weighted by Gasteiger charge is -2.47. The summed E-state index contributed by atoms with van der Waals surface area (Å²) in [7, 11) is 0. The summed E-state index contributed by atoms with van der Waals surface area (Å²) in [6.45, 7) is 10.9. The Kier molecular flexibility index (Phi) is 6.75. The number of nitrogens with zero attached hydrogens (tertiary/aromatic N) is 1. The summed E-state index contributed by atoms with van der Waals surface area (Å²) in [6, 6.07) is 0.536. The highest BCUT2D eigenvalue weighted by Crippen LogP contribution is 2.31. The third kappa shape index (κ3) is 4.56. The predicted molar refractivity (Wildman–Crippen MR) is 92.8 cm³/mol. The molecule has 1 aliphatic carbocycles. The standard InChI is InChI=1S/C19H36N2/c1-4-14-20-18(17-12-8-5-6-9-13-17)19(2,3)21-15-10-7-11-16-21/h12,18,20H,4-11,13-16H2,1-3H3. The SMILES string of the molecule is CCCNC(C1=CCCCCC1)C(C)(C)N1CCCCC1. The highest BCUT2D eigenvalue weighted by atomic mass is 15.2. The predicted octanol–water partition coefficient (Wildman–Crippen LogP) is 4.51. The van der Waals surface area contributed by atoms with Crippen molar-refractivity contribution in [1.29, 1.82) is 0 Å². The zero-order valence-corrected chi connectivity index (χ0v) is 14.6. The number of hydrogen-bond acceptors (Lipinski definition) is 2. The van der Waals surface area contributed by atoms with Crippen LogP contribution in [0.15, 0.2) is 11.6 Å². The van der Waals surface area contributed by atoms with Crippen LogP contribution in [0.25, 0.3) is 0 Å². The van der Waals surface area contributed by atoms with Crippen LogP contribution in [0.4, 0.5) is 0 Å². The van der Waals surface area contributed by atoms with Gasteiger partial charge in [-0.25, -0.2) is 0 Å². The van der Waals surface area contributed by atoms with Crippen molar-refractivity contribution in [2.75, 3.05) is 19.6 Å². The maximum atomic E-state index is 3.89. The molecule has 1 atom stereocenters. The van der Waals surface area contributed by atoms with Gasteiger partial charge in [0, 0.05) is 11.6 Å². The van der Waals surface area contributed by atoms with Gasteiger partial charge in [-0.15, -0.1) is 0 Å². The zero-order chi connectivity index (χ0) is 15.1. The van der Waals surface area contributed by atoms with E-state index in [0.717, 1.165) is 6.54 Å². The number of rotatable bonds is 6. The van der Waals surface area contributed by atoms with Gasteiger partial charge in [0.2, 0.25) is 0 Å². The summed E-state index contributed by atoms with van der Waals surface area (Å²) in [5.41, 5.74) is 1.93. The summed E-state index contributed by atoms with van der Waals surface area (Å²) in [6.07, 6.45) is 14.7. The summed E-state index contributed by atoms with van der Waals surface area (Å²) < 4.78 is 0. The van der Waals surface area contributed by atoms with E-state index in [4.69, 9.17) is 0 Å². The zero-order valence-electron chi connectivity index (χ0n) is 14.6. The van der Waals surface area contributed by atoms with Crippen LogP contribution in [-0.2, 0) is 0 Å². The van der Waals surface area contributed by atoms with Crippen LogP contribution in [0.3, 0.4) is 0 Å². The van der Waals surface area contributed by atoms with E-state index in [2.05, 4.69) is 37.1 Å². The molecule has 1 N–H and O–H groups in total. The topological polar surface area (TPSA) is 15.3 Å². The third-order valence-electron chi connectivity index (χ3n) is 5.42. The first kappa shape index (κ1) is 17.0. The van der Waals surface area contributed by atoms with Crippen LogP contribution in [0.2, 0.25) is 0 Å². The Morgan fingerprint density at radius 2 is 1.81 bits per heavy atom. The van der Waals surface area contributed by atoms with E-state index in [0.29, 0.717) is 6.04 Å². The molecule has 0 radical (unpaired) electrons. The maximum absolute atomic E-state index is 3.89. The van der Waals surface area contributed by atoms with Gasteiger partial charge in [0.05, 0.1) is 0 Å². The van der Waals surface area contributed by atoms with Gasteiger partial charge < -0.3 is 5.32 Å². The molecule has 122 valence electrons. The molecule has 0 aromatic heterocycles. The van der Waals surface area contributed by atoms with Crippen molar-refractivity contribution >= 4 is 0 Å². The lowest BCUT2D eigenvalue weighted by atomic mass is 9.83. The van der Waals surface area contributed by atoms with Gasteiger partial charge in [0.15, 0.2) is 0 Å². The summed E-state index contributed by atoms with van der Waals surface area (Å²) in [4.78, 5) is 2.75. The first-order valence-electron chi connectivity index (χ1n) is 9.33. The van der Waals surface area contributed by atoms with E-state index in [9.17, 15) is 0 Å². The number of nitrogens with one attached hydrogen (secondary N) is 1. The molecular formula is C19H36N2. The van der Waals surface area contributed by atoms with Crippen LogP contribution in [0, 0.1) is 0 Å². The number of piperidine rings is 1. The average molecular weight is 293 g/mol. The van der Waals surface area contributed by atoms with E-state index < -0.39 is 0 Å². The molecular weight excluding hydrogens is 256 g/mol. The number of hydrogen-bond donors (Lipinski definition) is 1. The normalized spacial score (nSPS) is 23.5. The Balaban J connectivity index is 2.14. The smallest absolute Gasteiger partial charge is 0.0461 e. The highest BCUT2D eigenvalue weighted by molar-refractivity contribution is 5.19. The molecule has 1 heterocycles. The highest BCUT2D eigenvalue weighted by Gasteiger charge is 2.37. The van der Waals surface area contributed by atoms with E-state index in [1.165, 1.54) is 70.9 Å². The Labute approximate surface area is 132 Å². The Hall–Kier alpha value is -0.340. The van der Waals surface area contributed by atoms with Gasteiger partial charge in [-0.3, -0.25) is 4.90 Å². The minimum atomic E-state index is 0.242. The molecule has 2 nitrogen and oxygen atoms in total. The molecule has 2 heteroatoms. The fourth-order valence-electron chi connectivity index (χ4n) is 4.08. The molecule has 1 fully saturated rings. The third-order valence-corrected chi connectivity index (χ3v) is 5.42. The first-order chi connectivity index (χ1) is 10.2. The quantitative estimate of drug-likeness (QED) is 0.725. The molecule has 0 saturated carbocycles. The molecule has 2 rings (SSSR count). The largest absolute Gasteiger partial charge is 0.309 e. The van der Waals surface area contributed by atoms with Crippen LogP contribution >= 0.6 is 0 Å². The van der Waals surface area contributed by atoms with E-state index in [1.807, 2.05) is 0 Å². The fourth-order valence-corrected chi connectivity index (χ4v) is 4.08. The lowest BCUT2D eigenvalue weighted by Crippen LogP contribution is -2.59. The van der Waals surface area contributed by atoms with Crippen LogP contribution in [-0.4, -0.2) is 36.1 Å². The van der Waals surface area contributed by atoms with Gasteiger partial charge in [-0.1, -0.05) is 31.4 Å². The minimum absolute atomic E-state index is 0.242. The molecule has 2 aliphatic rings. The molecule has 1 aliphatic heterocycles. The lowest BCUT2D eigenvalue weighted by molar-refractivity contribution is 0.0706. The monoisotopic (exact) mass is 292 g/mol. The van der Waals surface area contributed by atoms with Gasteiger partial charge in [0.25, 0.3) is 0 Å². The van der Waals surface area contributed by atoms with Gasteiger partial charge in [0.1, 0.15) is 0 Å². The van der Waals surface area contributed by atoms with Gasteiger partial charge in [-0.2, -0.15) is 0 Å². The second-order valence-electron chi connectivity index (χ2n) is 7.47. The molecule has 0 aromatic rings. The van der Waals surface area contributed by atoms with Crippen molar-refractivity contribution in [3.05, 3.63) is 11.6 Å². The van der Waals surface area contributed by atoms with E-state index in [1.54, 1.807) is 5.57 Å². The van der Waals surface area contributed by atoms with Crippen molar-refractivity contribution in [2.45, 2.75) is 90.1 Å². The van der Waals surface area contributed by atoms with E-state index in [-0.39, 0.29) is 5.54 Å². The molecule has 21 heavy (non-hydrogen) atoms.